The zero-order valence-electron chi connectivity index (χ0n) is 40.0. The number of halogens is 2. The molecule has 0 unspecified atom stereocenters. The predicted octanol–water partition coefficient (Wildman–Crippen LogP) is 11.4. The van der Waals surface area contributed by atoms with Gasteiger partial charge in [0.05, 0.1) is 13.0 Å². The molecule has 6 atom stereocenters. The van der Waals surface area contributed by atoms with Gasteiger partial charge in [-0.2, -0.15) is 8.78 Å². The van der Waals surface area contributed by atoms with Gasteiger partial charge in [0, 0.05) is 12.8 Å². The average Bonchev–Trinajstić information content (AvgIpc) is 3.24. The number of ether oxygens (including phenoxy) is 3. The minimum atomic E-state index is -5.44. The summed E-state index contributed by atoms with van der Waals surface area (Å²) in [5.41, 5.74) is 0. The van der Waals surface area contributed by atoms with Crippen LogP contribution >= 0.6 is 7.82 Å². The van der Waals surface area contributed by atoms with Crippen LogP contribution in [0.2, 0.25) is 0 Å². The SMILES string of the molecule is CCCCCCCCCCCCCC(=O)O[C@H](CCCCCCCCCCC)CC(=O)O[C@@H]1[C@@H](OP(=O)(O)O)[C@H](O)[C@@H](CO)O[C@H]1NC(=O)C(F)(F)CCCCCCCCCCCC. The van der Waals surface area contributed by atoms with Crippen molar-refractivity contribution in [3.63, 3.8) is 0 Å². The Morgan fingerprint density at radius 2 is 1.06 bits per heavy atom. The maximum absolute atomic E-state index is 15.2. The van der Waals surface area contributed by atoms with Gasteiger partial charge < -0.3 is 39.5 Å². The molecule has 1 heterocycles. The van der Waals surface area contributed by atoms with Gasteiger partial charge in [-0.1, -0.05) is 194 Å². The van der Waals surface area contributed by atoms with Crippen LogP contribution in [-0.2, 0) is 37.7 Å². The first-order valence-corrected chi connectivity index (χ1v) is 27.0. The van der Waals surface area contributed by atoms with Gasteiger partial charge in [0.1, 0.15) is 24.4 Å². The van der Waals surface area contributed by atoms with E-state index in [0.29, 0.717) is 25.7 Å². The number of carbonyl (C=O) groups excluding carboxylic acids is 3. The highest BCUT2D eigenvalue weighted by atomic mass is 31.2. The topological polar surface area (TPSA) is 198 Å². The van der Waals surface area contributed by atoms with E-state index < -0.39 is 87.8 Å². The molecule has 0 aromatic rings. The summed E-state index contributed by atoms with van der Waals surface area (Å²) in [6.07, 6.45) is 19.0. The van der Waals surface area contributed by atoms with Crippen LogP contribution in [0.5, 0.6) is 0 Å². The Balaban J connectivity index is 2.99. The Bertz CT molecular complexity index is 1240. The molecule has 1 fully saturated rings. The number of rotatable bonds is 42. The van der Waals surface area contributed by atoms with Crippen LogP contribution < -0.4 is 5.32 Å². The summed E-state index contributed by atoms with van der Waals surface area (Å²) in [6.45, 7) is 5.56. The number of aliphatic hydroxyl groups is 2. The molecule has 16 heteroatoms. The average molecular weight is 942 g/mol. The van der Waals surface area contributed by atoms with Crippen LogP contribution in [0, 0.1) is 0 Å². The lowest BCUT2D eigenvalue weighted by Crippen LogP contribution is -2.66. The van der Waals surface area contributed by atoms with E-state index in [4.69, 9.17) is 18.7 Å². The lowest BCUT2D eigenvalue weighted by molar-refractivity contribution is -0.243. The minimum Gasteiger partial charge on any atom is -0.462 e. The smallest absolute Gasteiger partial charge is 0.462 e. The Morgan fingerprint density at radius 3 is 1.50 bits per heavy atom. The molecule has 64 heavy (non-hydrogen) atoms. The third-order valence-corrected chi connectivity index (χ3v) is 12.6. The molecule has 0 aromatic carbocycles. The molecule has 1 aliphatic rings. The standard InChI is InChI=1S/C48H90F2NO12P/c1-4-7-10-13-16-19-21-23-26-29-32-35-41(53)60-39(34-31-28-25-22-18-15-12-9-6-3)37-42(54)62-45-44(63-64(57,58)59)43(55)40(38-52)61-46(45)51-47(56)48(49,50)36-33-30-27-24-20-17-14-11-8-5-2/h39-40,43-46,52,55H,4-38H2,1-3H3,(H,51,56)(H2,57,58,59)/t39-,40-,43-,44+,45-,46-/m1/s1. The third-order valence-electron chi connectivity index (χ3n) is 12.1. The number of nitrogens with one attached hydrogen (secondary N) is 1. The summed E-state index contributed by atoms with van der Waals surface area (Å²) in [4.78, 5) is 59.2. The van der Waals surface area contributed by atoms with E-state index in [1.54, 1.807) is 0 Å². The van der Waals surface area contributed by atoms with E-state index in [2.05, 4.69) is 20.8 Å². The molecule has 0 spiro atoms. The molecule has 1 amide bonds. The number of amides is 1. The highest BCUT2D eigenvalue weighted by Gasteiger charge is 2.52. The molecule has 0 radical (unpaired) electrons. The van der Waals surface area contributed by atoms with Crippen molar-refractivity contribution in [2.45, 2.75) is 282 Å². The van der Waals surface area contributed by atoms with E-state index >= 15 is 8.78 Å². The van der Waals surface area contributed by atoms with Crippen LogP contribution in [0.25, 0.3) is 0 Å². The highest BCUT2D eigenvalue weighted by Crippen LogP contribution is 2.42. The number of alkyl halides is 2. The maximum Gasteiger partial charge on any atom is 0.470 e. The van der Waals surface area contributed by atoms with Gasteiger partial charge in [-0.3, -0.25) is 18.9 Å². The zero-order valence-corrected chi connectivity index (χ0v) is 40.9. The summed E-state index contributed by atoms with van der Waals surface area (Å²) in [6, 6.07) is 0. The summed E-state index contributed by atoms with van der Waals surface area (Å²) in [5.74, 6) is -7.24. The van der Waals surface area contributed by atoms with E-state index in [9.17, 15) is 38.9 Å². The number of phosphoric ester groups is 1. The first-order chi connectivity index (χ1) is 30.7. The number of aliphatic hydroxyl groups excluding tert-OH is 2. The van der Waals surface area contributed by atoms with Crippen LogP contribution in [0.1, 0.15) is 239 Å². The summed E-state index contributed by atoms with van der Waals surface area (Å²) >= 11 is 0. The quantitative estimate of drug-likeness (QED) is 0.0221. The number of unbranched alkanes of at least 4 members (excludes halogenated alkanes) is 27. The van der Waals surface area contributed by atoms with Crippen molar-refractivity contribution in [1.29, 1.82) is 0 Å². The third kappa shape index (κ3) is 29.8. The summed E-state index contributed by atoms with van der Waals surface area (Å²) < 4.78 is 64.2. The number of phosphoric acid groups is 1. The number of hydrogen-bond donors (Lipinski definition) is 5. The van der Waals surface area contributed by atoms with Crippen LogP contribution in [0.3, 0.4) is 0 Å². The predicted molar refractivity (Wildman–Crippen MR) is 246 cm³/mol. The van der Waals surface area contributed by atoms with Crippen molar-refractivity contribution in [3.05, 3.63) is 0 Å². The molecule has 1 aliphatic heterocycles. The Labute approximate surface area is 384 Å². The van der Waals surface area contributed by atoms with Gasteiger partial charge in [0.15, 0.2) is 12.3 Å². The zero-order chi connectivity index (χ0) is 47.5. The molecule has 0 saturated carbocycles. The number of carbonyl (C=O) groups is 3. The van der Waals surface area contributed by atoms with Gasteiger partial charge in [0.2, 0.25) is 0 Å². The molecule has 1 saturated heterocycles. The van der Waals surface area contributed by atoms with Gasteiger partial charge in [0.25, 0.3) is 5.91 Å². The summed E-state index contributed by atoms with van der Waals surface area (Å²) in [7, 11) is -5.44. The Morgan fingerprint density at radius 1 is 0.641 bits per heavy atom. The minimum absolute atomic E-state index is 0.0560. The highest BCUT2D eigenvalue weighted by molar-refractivity contribution is 7.46. The van der Waals surface area contributed by atoms with Crippen molar-refractivity contribution in [1.82, 2.24) is 5.32 Å². The largest absolute Gasteiger partial charge is 0.470 e. The monoisotopic (exact) mass is 942 g/mol. The van der Waals surface area contributed by atoms with E-state index in [0.717, 1.165) is 89.9 Å². The molecule has 0 bridgehead atoms. The first-order valence-electron chi connectivity index (χ1n) is 25.4. The van der Waals surface area contributed by atoms with Crippen LogP contribution in [0.15, 0.2) is 0 Å². The number of esters is 2. The molecule has 1 rings (SSSR count). The second-order valence-corrected chi connectivity index (χ2v) is 19.3. The molecule has 0 aromatic heterocycles. The fourth-order valence-corrected chi connectivity index (χ4v) is 8.80. The number of hydrogen-bond acceptors (Lipinski definition) is 10. The fourth-order valence-electron chi connectivity index (χ4n) is 8.23. The Kier molecular flexibility index (Phi) is 35.1. The molecule has 13 nitrogen and oxygen atoms in total. The van der Waals surface area contributed by atoms with Crippen LogP contribution in [0.4, 0.5) is 8.78 Å². The van der Waals surface area contributed by atoms with Gasteiger partial charge >= 0.3 is 25.7 Å². The van der Waals surface area contributed by atoms with Crippen molar-refractivity contribution in [2.75, 3.05) is 6.61 Å². The Hall–Kier alpha value is -1.74. The lowest BCUT2D eigenvalue weighted by atomic mass is 9.97. The molecule has 378 valence electrons. The van der Waals surface area contributed by atoms with E-state index in [-0.39, 0.29) is 12.8 Å². The van der Waals surface area contributed by atoms with E-state index in [1.165, 1.54) is 77.0 Å². The first kappa shape index (κ1) is 60.3. The lowest BCUT2D eigenvalue weighted by Gasteiger charge is -2.43. The van der Waals surface area contributed by atoms with E-state index in [1.807, 2.05) is 5.32 Å². The maximum atomic E-state index is 15.2. The van der Waals surface area contributed by atoms with Crippen molar-refractivity contribution in [3.8, 4) is 0 Å². The second-order valence-electron chi connectivity index (χ2n) is 18.1. The molecular formula is C48H90F2NO12P. The summed E-state index contributed by atoms with van der Waals surface area (Å²) in [5, 5.41) is 22.8. The van der Waals surface area contributed by atoms with Crippen molar-refractivity contribution >= 4 is 25.7 Å². The van der Waals surface area contributed by atoms with Crippen LogP contribution in [-0.4, -0.2) is 87.1 Å². The van der Waals surface area contributed by atoms with Gasteiger partial charge in [-0.15, -0.1) is 0 Å². The second kappa shape index (κ2) is 37.3. The van der Waals surface area contributed by atoms with Gasteiger partial charge in [-0.05, 0) is 25.7 Å². The normalized spacial score (nSPS) is 19.7. The fraction of sp³-hybridized carbons (Fsp3) is 0.938. The van der Waals surface area contributed by atoms with Crippen molar-refractivity contribution in [2.24, 2.45) is 0 Å². The van der Waals surface area contributed by atoms with Crippen molar-refractivity contribution < 1.29 is 66.5 Å². The molecular weight excluding hydrogens is 851 g/mol. The van der Waals surface area contributed by atoms with Gasteiger partial charge in [-0.25, -0.2) is 4.57 Å². The molecule has 5 N–H and O–H groups in total. The molecule has 0 aliphatic carbocycles.